The number of anilines is 1. The zero-order valence-corrected chi connectivity index (χ0v) is 15.3. The highest BCUT2D eigenvalue weighted by Crippen LogP contribution is 2.28. The van der Waals surface area contributed by atoms with Gasteiger partial charge in [0.1, 0.15) is 11.3 Å². The van der Waals surface area contributed by atoms with Crippen LogP contribution in [-0.2, 0) is 10.3 Å². The number of amides is 1. The normalized spacial score (nSPS) is 12.7. The molecule has 1 unspecified atom stereocenters. The number of carbonyl (C=O) groups is 1. The average molecular weight is 369 g/mol. The molecule has 2 rings (SSSR count). The first-order valence-electron chi connectivity index (χ1n) is 7.53. The van der Waals surface area contributed by atoms with Crippen molar-refractivity contribution in [2.75, 3.05) is 11.9 Å². The molecule has 130 valence electrons. The molecule has 2 aromatic carbocycles. The topological polar surface area (TPSA) is 64.3 Å². The van der Waals surface area contributed by atoms with Crippen LogP contribution in [0.15, 0.2) is 48.5 Å². The SMILES string of the molecule is CCCOc1ccc(NC(=O)C(C)(N)c2ccccc2)cc1Cl.Cl. The van der Waals surface area contributed by atoms with E-state index < -0.39 is 5.54 Å². The summed E-state index contributed by atoms with van der Waals surface area (Å²) in [6.45, 7) is 4.30. The summed E-state index contributed by atoms with van der Waals surface area (Å²) in [4.78, 5) is 12.5. The van der Waals surface area contributed by atoms with Gasteiger partial charge in [0.05, 0.1) is 11.6 Å². The van der Waals surface area contributed by atoms with Crippen molar-refractivity contribution in [2.24, 2.45) is 5.73 Å². The van der Waals surface area contributed by atoms with Gasteiger partial charge in [-0.3, -0.25) is 4.79 Å². The van der Waals surface area contributed by atoms with Crippen LogP contribution in [0.5, 0.6) is 5.75 Å². The minimum Gasteiger partial charge on any atom is -0.492 e. The number of halogens is 2. The predicted molar refractivity (Wildman–Crippen MR) is 101 cm³/mol. The molecule has 24 heavy (non-hydrogen) atoms. The number of hydrogen-bond acceptors (Lipinski definition) is 3. The second kappa shape index (κ2) is 8.92. The second-order valence-electron chi connectivity index (χ2n) is 5.52. The van der Waals surface area contributed by atoms with Crippen LogP contribution in [0.1, 0.15) is 25.8 Å². The van der Waals surface area contributed by atoms with Crippen LogP contribution in [0.4, 0.5) is 5.69 Å². The Labute approximate surface area is 153 Å². The quantitative estimate of drug-likeness (QED) is 0.795. The number of nitrogens with one attached hydrogen (secondary N) is 1. The highest BCUT2D eigenvalue weighted by molar-refractivity contribution is 6.32. The summed E-state index contributed by atoms with van der Waals surface area (Å²) in [5.74, 6) is 0.298. The Morgan fingerprint density at radius 1 is 1.25 bits per heavy atom. The molecule has 0 saturated heterocycles. The summed E-state index contributed by atoms with van der Waals surface area (Å²) >= 11 is 6.17. The van der Waals surface area contributed by atoms with Crippen molar-refractivity contribution in [3.05, 3.63) is 59.1 Å². The Morgan fingerprint density at radius 3 is 2.50 bits per heavy atom. The van der Waals surface area contributed by atoms with E-state index in [4.69, 9.17) is 22.1 Å². The summed E-state index contributed by atoms with van der Waals surface area (Å²) in [6, 6.07) is 14.4. The van der Waals surface area contributed by atoms with Gasteiger partial charge in [0.25, 0.3) is 0 Å². The van der Waals surface area contributed by atoms with Crippen molar-refractivity contribution in [1.82, 2.24) is 0 Å². The molecule has 1 amide bonds. The van der Waals surface area contributed by atoms with Gasteiger partial charge in [0.15, 0.2) is 0 Å². The van der Waals surface area contributed by atoms with Gasteiger partial charge < -0.3 is 15.8 Å². The molecule has 0 fully saturated rings. The fourth-order valence-electron chi connectivity index (χ4n) is 2.08. The molecule has 0 aliphatic rings. The number of carbonyl (C=O) groups excluding carboxylic acids is 1. The molecule has 0 saturated carbocycles. The highest BCUT2D eigenvalue weighted by Gasteiger charge is 2.30. The van der Waals surface area contributed by atoms with Crippen LogP contribution in [-0.4, -0.2) is 12.5 Å². The molecule has 6 heteroatoms. The monoisotopic (exact) mass is 368 g/mol. The maximum atomic E-state index is 12.5. The summed E-state index contributed by atoms with van der Waals surface area (Å²) in [5.41, 5.74) is 6.38. The zero-order chi connectivity index (χ0) is 16.9. The van der Waals surface area contributed by atoms with Gasteiger partial charge in [-0.25, -0.2) is 0 Å². The first-order valence-corrected chi connectivity index (χ1v) is 7.91. The maximum absolute atomic E-state index is 12.5. The number of nitrogens with two attached hydrogens (primary N) is 1. The van der Waals surface area contributed by atoms with Crippen molar-refractivity contribution in [3.8, 4) is 5.75 Å². The Morgan fingerprint density at radius 2 is 1.92 bits per heavy atom. The fourth-order valence-corrected chi connectivity index (χ4v) is 2.32. The average Bonchev–Trinajstić information content (AvgIpc) is 2.55. The smallest absolute Gasteiger partial charge is 0.248 e. The van der Waals surface area contributed by atoms with Gasteiger partial charge in [0, 0.05) is 5.69 Å². The van der Waals surface area contributed by atoms with Gasteiger partial charge in [0.2, 0.25) is 5.91 Å². The minimum absolute atomic E-state index is 0. The lowest BCUT2D eigenvalue weighted by Gasteiger charge is -2.24. The summed E-state index contributed by atoms with van der Waals surface area (Å²) in [6.07, 6.45) is 0.900. The number of rotatable bonds is 6. The van der Waals surface area contributed by atoms with Crippen LogP contribution < -0.4 is 15.8 Å². The van der Waals surface area contributed by atoms with Crippen LogP contribution in [0.2, 0.25) is 5.02 Å². The van der Waals surface area contributed by atoms with Crippen LogP contribution in [0.25, 0.3) is 0 Å². The molecule has 0 heterocycles. The highest BCUT2D eigenvalue weighted by atomic mass is 35.5. The Hall–Kier alpha value is -1.75. The lowest BCUT2D eigenvalue weighted by atomic mass is 9.92. The van der Waals surface area contributed by atoms with E-state index in [2.05, 4.69) is 5.32 Å². The third kappa shape index (κ3) is 4.87. The van der Waals surface area contributed by atoms with Crippen molar-refractivity contribution >= 4 is 35.6 Å². The van der Waals surface area contributed by atoms with Gasteiger partial charge >= 0.3 is 0 Å². The van der Waals surface area contributed by atoms with E-state index in [-0.39, 0.29) is 18.3 Å². The van der Waals surface area contributed by atoms with Crippen molar-refractivity contribution < 1.29 is 9.53 Å². The Balaban J connectivity index is 0.00000288. The lowest BCUT2D eigenvalue weighted by Crippen LogP contribution is -2.45. The van der Waals surface area contributed by atoms with E-state index in [1.54, 1.807) is 25.1 Å². The van der Waals surface area contributed by atoms with Crippen molar-refractivity contribution in [3.63, 3.8) is 0 Å². The third-order valence-electron chi connectivity index (χ3n) is 3.50. The second-order valence-corrected chi connectivity index (χ2v) is 5.92. The van der Waals surface area contributed by atoms with Crippen LogP contribution >= 0.6 is 24.0 Å². The maximum Gasteiger partial charge on any atom is 0.248 e. The Bertz CT molecular complexity index is 676. The molecular formula is C18H22Cl2N2O2. The molecule has 3 N–H and O–H groups in total. The van der Waals surface area contributed by atoms with Gasteiger partial charge in [-0.1, -0.05) is 48.9 Å². The largest absolute Gasteiger partial charge is 0.492 e. The summed E-state index contributed by atoms with van der Waals surface area (Å²) < 4.78 is 5.51. The van der Waals surface area contributed by atoms with E-state index in [1.165, 1.54) is 0 Å². The Kier molecular flexibility index (Phi) is 7.55. The molecule has 0 radical (unpaired) electrons. The third-order valence-corrected chi connectivity index (χ3v) is 3.79. The molecule has 0 aromatic heterocycles. The van der Waals surface area contributed by atoms with Crippen molar-refractivity contribution in [2.45, 2.75) is 25.8 Å². The van der Waals surface area contributed by atoms with Gasteiger partial charge in [-0.15, -0.1) is 12.4 Å². The predicted octanol–water partition coefficient (Wildman–Crippen LogP) is 4.36. The van der Waals surface area contributed by atoms with Crippen LogP contribution in [0, 0.1) is 0 Å². The van der Waals surface area contributed by atoms with E-state index in [9.17, 15) is 4.79 Å². The number of benzene rings is 2. The zero-order valence-electron chi connectivity index (χ0n) is 13.7. The lowest BCUT2D eigenvalue weighted by molar-refractivity contribution is -0.120. The number of ether oxygens (including phenoxy) is 1. The molecular weight excluding hydrogens is 347 g/mol. The van der Waals surface area contributed by atoms with Crippen molar-refractivity contribution in [1.29, 1.82) is 0 Å². The van der Waals surface area contributed by atoms with E-state index in [1.807, 2.05) is 37.3 Å². The first-order chi connectivity index (χ1) is 10.9. The van der Waals surface area contributed by atoms with E-state index in [0.717, 1.165) is 12.0 Å². The van der Waals surface area contributed by atoms with Gasteiger partial charge in [-0.05, 0) is 37.1 Å². The molecule has 0 bridgehead atoms. The molecule has 0 aliphatic carbocycles. The molecule has 0 spiro atoms. The summed E-state index contributed by atoms with van der Waals surface area (Å²) in [7, 11) is 0. The number of hydrogen-bond donors (Lipinski definition) is 2. The standard InChI is InChI=1S/C18H21ClN2O2.ClH/c1-3-11-23-16-10-9-14(12-15(16)19)21-17(22)18(2,20)13-7-5-4-6-8-13;/h4-10,12H,3,11,20H2,1-2H3,(H,21,22);1H. The summed E-state index contributed by atoms with van der Waals surface area (Å²) in [5, 5.41) is 3.25. The first kappa shape index (κ1) is 20.3. The van der Waals surface area contributed by atoms with Crippen LogP contribution in [0.3, 0.4) is 0 Å². The molecule has 2 aromatic rings. The van der Waals surface area contributed by atoms with E-state index in [0.29, 0.717) is 23.1 Å². The fraction of sp³-hybridized carbons (Fsp3) is 0.278. The molecule has 4 nitrogen and oxygen atoms in total. The van der Waals surface area contributed by atoms with Gasteiger partial charge in [-0.2, -0.15) is 0 Å². The molecule has 1 atom stereocenters. The molecule has 0 aliphatic heterocycles. The minimum atomic E-state index is -1.13. The van der Waals surface area contributed by atoms with E-state index >= 15 is 0 Å².